The number of rotatable bonds is 3. The molecule has 2 N–H and O–H groups in total. The SMILES string of the molecule is Cc1nc(N)c2ncn(Cc3ccc(C=O)cc3)c2n1. The highest BCUT2D eigenvalue weighted by atomic mass is 16.1. The second-order valence-electron chi connectivity index (χ2n) is 4.56. The maximum absolute atomic E-state index is 10.6. The molecule has 20 heavy (non-hydrogen) atoms. The first kappa shape index (κ1) is 12.3. The topological polar surface area (TPSA) is 86.7 Å². The molecule has 3 rings (SSSR count). The maximum Gasteiger partial charge on any atom is 0.166 e. The minimum atomic E-state index is 0.391. The van der Waals surface area contributed by atoms with E-state index in [1.807, 2.05) is 16.7 Å². The monoisotopic (exact) mass is 267 g/mol. The van der Waals surface area contributed by atoms with Crippen LogP contribution in [-0.2, 0) is 6.54 Å². The van der Waals surface area contributed by atoms with Crippen LogP contribution in [-0.4, -0.2) is 25.8 Å². The lowest BCUT2D eigenvalue weighted by Gasteiger charge is -2.05. The van der Waals surface area contributed by atoms with Gasteiger partial charge in [0, 0.05) is 5.56 Å². The first-order valence-corrected chi connectivity index (χ1v) is 6.16. The Balaban J connectivity index is 1.99. The number of hydrogen-bond donors (Lipinski definition) is 1. The molecule has 2 aromatic heterocycles. The van der Waals surface area contributed by atoms with Gasteiger partial charge in [-0.25, -0.2) is 15.0 Å². The van der Waals surface area contributed by atoms with E-state index in [4.69, 9.17) is 5.73 Å². The summed E-state index contributed by atoms with van der Waals surface area (Å²) in [5, 5.41) is 0. The molecule has 0 bridgehead atoms. The van der Waals surface area contributed by atoms with Gasteiger partial charge in [-0.15, -0.1) is 0 Å². The average molecular weight is 267 g/mol. The molecular formula is C14H13N5O. The van der Waals surface area contributed by atoms with Crippen molar-refractivity contribution in [2.75, 3.05) is 5.73 Å². The fourth-order valence-electron chi connectivity index (χ4n) is 2.09. The van der Waals surface area contributed by atoms with Crippen LogP contribution >= 0.6 is 0 Å². The summed E-state index contributed by atoms with van der Waals surface area (Å²) in [7, 11) is 0. The van der Waals surface area contributed by atoms with Crippen molar-refractivity contribution in [2.45, 2.75) is 13.5 Å². The van der Waals surface area contributed by atoms with Gasteiger partial charge in [-0.3, -0.25) is 4.79 Å². The summed E-state index contributed by atoms with van der Waals surface area (Å²) in [6.07, 6.45) is 2.52. The van der Waals surface area contributed by atoms with Crippen molar-refractivity contribution in [3.05, 3.63) is 47.5 Å². The highest BCUT2D eigenvalue weighted by molar-refractivity contribution is 5.81. The molecule has 0 saturated heterocycles. The third kappa shape index (κ3) is 2.11. The first-order valence-electron chi connectivity index (χ1n) is 6.16. The van der Waals surface area contributed by atoms with Gasteiger partial charge in [0.25, 0.3) is 0 Å². The van der Waals surface area contributed by atoms with Gasteiger partial charge in [0.05, 0.1) is 12.9 Å². The summed E-state index contributed by atoms with van der Waals surface area (Å²) in [4.78, 5) is 23.4. The van der Waals surface area contributed by atoms with Gasteiger partial charge in [0.15, 0.2) is 11.5 Å². The Morgan fingerprint density at radius 1 is 1.25 bits per heavy atom. The van der Waals surface area contributed by atoms with E-state index in [0.29, 0.717) is 29.3 Å². The molecule has 0 unspecified atom stereocenters. The van der Waals surface area contributed by atoms with Crippen molar-refractivity contribution >= 4 is 23.3 Å². The number of aromatic nitrogens is 4. The molecular weight excluding hydrogens is 254 g/mol. The molecule has 2 heterocycles. The lowest BCUT2D eigenvalue weighted by atomic mass is 10.1. The summed E-state index contributed by atoms with van der Waals surface area (Å²) in [6.45, 7) is 2.41. The zero-order valence-electron chi connectivity index (χ0n) is 10.9. The predicted molar refractivity (Wildman–Crippen MR) is 75.4 cm³/mol. The second kappa shape index (κ2) is 4.73. The largest absolute Gasteiger partial charge is 0.382 e. The van der Waals surface area contributed by atoms with Crippen LogP contribution in [0.1, 0.15) is 21.7 Å². The van der Waals surface area contributed by atoms with E-state index in [1.165, 1.54) is 0 Å². The zero-order valence-corrected chi connectivity index (χ0v) is 10.9. The van der Waals surface area contributed by atoms with Crippen molar-refractivity contribution in [3.63, 3.8) is 0 Å². The van der Waals surface area contributed by atoms with Crippen LogP contribution in [0, 0.1) is 6.92 Å². The number of benzene rings is 1. The number of nitrogens with zero attached hydrogens (tertiary/aromatic N) is 4. The quantitative estimate of drug-likeness (QED) is 0.728. The predicted octanol–water partition coefficient (Wildman–Crippen LogP) is 1.58. The highest BCUT2D eigenvalue weighted by Crippen LogP contribution is 2.17. The van der Waals surface area contributed by atoms with Crippen LogP contribution in [0.3, 0.4) is 0 Å². The number of fused-ring (bicyclic) bond motifs is 1. The van der Waals surface area contributed by atoms with Gasteiger partial charge in [-0.2, -0.15) is 0 Å². The van der Waals surface area contributed by atoms with Crippen LogP contribution in [0.2, 0.25) is 0 Å². The molecule has 0 amide bonds. The van der Waals surface area contributed by atoms with Crippen molar-refractivity contribution in [3.8, 4) is 0 Å². The van der Waals surface area contributed by atoms with E-state index in [1.54, 1.807) is 25.4 Å². The molecule has 1 aromatic carbocycles. The van der Waals surface area contributed by atoms with E-state index in [2.05, 4.69) is 15.0 Å². The number of nitrogen functional groups attached to an aromatic ring is 1. The fourth-order valence-corrected chi connectivity index (χ4v) is 2.09. The summed E-state index contributed by atoms with van der Waals surface area (Å²) in [6, 6.07) is 7.39. The Kier molecular flexibility index (Phi) is 2.90. The number of carbonyl (C=O) groups is 1. The lowest BCUT2D eigenvalue weighted by molar-refractivity contribution is 0.112. The normalized spacial score (nSPS) is 10.8. The molecule has 0 radical (unpaired) electrons. The van der Waals surface area contributed by atoms with Gasteiger partial charge in [-0.1, -0.05) is 24.3 Å². The van der Waals surface area contributed by atoms with Crippen molar-refractivity contribution in [1.29, 1.82) is 0 Å². The minimum absolute atomic E-state index is 0.391. The molecule has 0 fully saturated rings. The van der Waals surface area contributed by atoms with Crippen LogP contribution in [0.5, 0.6) is 0 Å². The Hall–Kier alpha value is -2.76. The number of aldehydes is 1. The first-order chi connectivity index (χ1) is 9.67. The van der Waals surface area contributed by atoms with E-state index in [0.717, 1.165) is 17.5 Å². The van der Waals surface area contributed by atoms with E-state index in [9.17, 15) is 4.79 Å². The van der Waals surface area contributed by atoms with Crippen LogP contribution in [0.25, 0.3) is 11.2 Å². The van der Waals surface area contributed by atoms with Crippen LogP contribution in [0.15, 0.2) is 30.6 Å². The molecule has 3 aromatic rings. The summed E-state index contributed by atoms with van der Waals surface area (Å²) in [5.74, 6) is 1.01. The fraction of sp³-hybridized carbons (Fsp3) is 0.143. The molecule has 0 saturated carbocycles. The number of nitrogens with two attached hydrogens (primary N) is 1. The van der Waals surface area contributed by atoms with E-state index < -0.39 is 0 Å². The van der Waals surface area contributed by atoms with Crippen LogP contribution in [0.4, 0.5) is 5.82 Å². The third-order valence-electron chi connectivity index (χ3n) is 3.07. The van der Waals surface area contributed by atoms with E-state index >= 15 is 0 Å². The number of hydrogen-bond acceptors (Lipinski definition) is 5. The van der Waals surface area contributed by atoms with Gasteiger partial charge < -0.3 is 10.3 Å². The molecule has 0 atom stereocenters. The molecule has 100 valence electrons. The number of aryl methyl sites for hydroxylation is 1. The minimum Gasteiger partial charge on any atom is -0.382 e. The third-order valence-corrected chi connectivity index (χ3v) is 3.07. The summed E-state index contributed by atoms with van der Waals surface area (Å²) >= 11 is 0. The molecule has 6 heteroatoms. The smallest absolute Gasteiger partial charge is 0.166 e. The van der Waals surface area contributed by atoms with Gasteiger partial charge in [0.2, 0.25) is 0 Å². The summed E-state index contributed by atoms with van der Waals surface area (Å²) < 4.78 is 1.91. The molecule has 0 aliphatic carbocycles. The molecule has 6 nitrogen and oxygen atoms in total. The molecule has 0 aliphatic heterocycles. The standard InChI is InChI=1S/C14H13N5O/c1-9-17-13(15)12-14(18-9)19(8-16-12)6-10-2-4-11(7-20)5-3-10/h2-5,7-8H,6H2,1H3,(H2,15,17,18). The van der Waals surface area contributed by atoms with E-state index in [-0.39, 0.29) is 0 Å². The highest BCUT2D eigenvalue weighted by Gasteiger charge is 2.09. The van der Waals surface area contributed by atoms with Crippen molar-refractivity contribution in [1.82, 2.24) is 19.5 Å². The average Bonchev–Trinajstić information content (AvgIpc) is 2.83. The maximum atomic E-state index is 10.6. The summed E-state index contributed by atoms with van der Waals surface area (Å²) in [5.41, 5.74) is 8.88. The number of anilines is 1. The Morgan fingerprint density at radius 3 is 2.70 bits per heavy atom. The number of imidazole rings is 1. The van der Waals surface area contributed by atoms with Gasteiger partial charge in [-0.05, 0) is 12.5 Å². The Morgan fingerprint density at radius 2 is 2.00 bits per heavy atom. The molecule has 0 spiro atoms. The van der Waals surface area contributed by atoms with Crippen LogP contribution < -0.4 is 5.73 Å². The lowest BCUT2D eigenvalue weighted by Crippen LogP contribution is -2.02. The molecule has 0 aliphatic rings. The Bertz CT molecular complexity index is 776. The zero-order chi connectivity index (χ0) is 14.1. The van der Waals surface area contributed by atoms with Gasteiger partial charge in [0.1, 0.15) is 17.6 Å². The second-order valence-corrected chi connectivity index (χ2v) is 4.56. The van der Waals surface area contributed by atoms with Crippen molar-refractivity contribution < 1.29 is 4.79 Å². The number of carbonyl (C=O) groups excluding carboxylic acids is 1. The Labute approximate surface area is 115 Å². The van der Waals surface area contributed by atoms with Crippen molar-refractivity contribution in [2.24, 2.45) is 0 Å². The van der Waals surface area contributed by atoms with Gasteiger partial charge >= 0.3 is 0 Å².